The van der Waals surface area contributed by atoms with E-state index in [0.29, 0.717) is 40.2 Å². The maximum atomic E-state index is 13.5. The molecular formula is C23H23FN6O4. The molecule has 0 spiro atoms. The summed E-state index contributed by atoms with van der Waals surface area (Å²) in [5.41, 5.74) is 3.82. The average Bonchev–Trinajstić information content (AvgIpc) is 3.40. The van der Waals surface area contributed by atoms with Crippen LogP contribution in [0, 0.1) is 12.7 Å². The lowest BCUT2D eigenvalue weighted by Gasteiger charge is -2.18. The highest BCUT2D eigenvalue weighted by Gasteiger charge is 2.22. The Bertz CT molecular complexity index is 1330. The number of imidazole rings is 1. The Balaban J connectivity index is 1.74. The number of nitrogens with one attached hydrogen (secondary N) is 1. The van der Waals surface area contributed by atoms with Crippen LogP contribution in [0.3, 0.4) is 0 Å². The van der Waals surface area contributed by atoms with Crippen LogP contribution in [0.4, 0.5) is 10.1 Å². The van der Waals surface area contributed by atoms with E-state index in [1.54, 1.807) is 44.6 Å². The molecule has 0 saturated heterocycles. The first-order valence-corrected chi connectivity index (χ1v) is 10.4. The van der Waals surface area contributed by atoms with Gasteiger partial charge in [-0.05, 0) is 36.8 Å². The molecule has 34 heavy (non-hydrogen) atoms. The number of ether oxygens (including phenoxy) is 1. The fourth-order valence-electron chi connectivity index (χ4n) is 3.57. The van der Waals surface area contributed by atoms with E-state index in [1.165, 1.54) is 24.1 Å². The highest BCUT2D eigenvalue weighted by molar-refractivity contribution is 6.07. The maximum absolute atomic E-state index is 13.5. The van der Waals surface area contributed by atoms with Gasteiger partial charge in [0.25, 0.3) is 5.91 Å². The van der Waals surface area contributed by atoms with Crippen molar-refractivity contribution in [3.05, 3.63) is 71.1 Å². The monoisotopic (exact) mass is 466 g/mol. The first-order chi connectivity index (χ1) is 16.4. The number of anilines is 1. The van der Waals surface area contributed by atoms with Gasteiger partial charge in [-0.2, -0.15) is 0 Å². The van der Waals surface area contributed by atoms with Crippen molar-refractivity contribution < 1.29 is 23.3 Å². The lowest BCUT2D eigenvalue weighted by atomic mass is 10.1. The second kappa shape index (κ2) is 9.79. The summed E-state index contributed by atoms with van der Waals surface area (Å²) < 4.78 is 24.8. The van der Waals surface area contributed by atoms with E-state index >= 15 is 0 Å². The second-order valence-electron chi connectivity index (χ2n) is 7.83. The number of methoxy groups -OCH3 is 1. The highest BCUT2D eigenvalue weighted by Crippen LogP contribution is 2.26. The number of hydrogen-bond donors (Lipinski definition) is 1. The molecule has 2 aromatic carbocycles. The summed E-state index contributed by atoms with van der Waals surface area (Å²) >= 11 is 0. The molecule has 0 atom stereocenters. The van der Waals surface area contributed by atoms with Crippen molar-refractivity contribution in [2.24, 2.45) is 0 Å². The van der Waals surface area contributed by atoms with Gasteiger partial charge in [0.2, 0.25) is 5.91 Å². The SMILES string of the molecule is COCC(=O)Nc1cc(C(=O)N(C)Cc2nonc2C)c2c(c1)ncn2Cc1ccc(F)cc1. The molecule has 10 nitrogen and oxygen atoms in total. The van der Waals surface area contributed by atoms with Gasteiger partial charge in [0.05, 0.1) is 29.5 Å². The van der Waals surface area contributed by atoms with Crippen LogP contribution >= 0.6 is 0 Å². The first-order valence-electron chi connectivity index (χ1n) is 10.4. The molecule has 0 saturated carbocycles. The molecular weight excluding hydrogens is 443 g/mol. The fraction of sp³-hybridized carbons (Fsp3) is 0.261. The molecule has 0 fully saturated rings. The molecule has 0 radical (unpaired) electrons. The molecule has 0 bridgehead atoms. The van der Waals surface area contributed by atoms with Gasteiger partial charge in [-0.15, -0.1) is 0 Å². The van der Waals surface area contributed by atoms with Crippen LogP contribution in [-0.2, 0) is 22.6 Å². The Hall–Kier alpha value is -4.12. The lowest BCUT2D eigenvalue weighted by Crippen LogP contribution is -2.27. The minimum atomic E-state index is -0.358. The van der Waals surface area contributed by atoms with Crippen molar-refractivity contribution in [3.63, 3.8) is 0 Å². The third-order valence-corrected chi connectivity index (χ3v) is 5.25. The predicted octanol–water partition coefficient (Wildman–Crippen LogP) is 2.77. The van der Waals surface area contributed by atoms with E-state index in [1.807, 2.05) is 4.57 Å². The van der Waals surface area contributed by atoms with Crippen molar-refractivity contribution >= 4 is 28.5 Å². The van der Waals surface area contributed by atoms with Gasteiger partial charge in [-0.1, -0.05) is 22.4 Å². The van der Waals surface area contributed by atoms with Crippen molar-refractivity contribution in [2.75, 3.05) is 26.1 Å². The smallest absolute Gasteiger partial charge is 0.256 e. The molecule has 0 aliphatic heterocycles. The normalized spacial score (nSPS) is 11.1. The van der Waals surface area contributed by atoms with E-state index in [0.717, 1.165) is 5.56 Å². The van der Waals surface area contributed by atoms with Crippen LogP contribution in [0.2, 0.25) is 0 Å². The van der Waals surface area contributed by atoms with Gasteiger partial charge in [0.1, 0.15) is 23.8 Å². The molecule has 0 aliphatic carbocycles. The third-order valence-electron chi connectivity index (χ3n) is 5.25. The van der Waals surface area contributed by atoms with Crippen molar-refractivity contribution in [1.29, 1.82) is 0 Å². The summed E-state index contributed by atoms with van der Waals surface area (Å²) in [4.78, 5) is 31.5. The standard InChI is InChI=1S/C23H23FN6O4/c1-14-20(28-34-27-14)11-29(2)23(32)18-8-17(26-21(31)12-33-3)9-19-22(18)30(13-25-19)10-15-4-6-16(24)7-5-15/h4-9,13H,10-12H2,1-3H3,(H,26,31). The zero-order valence-corrected chi connectivity index (χ0v) is 18.9. The van der Waals surface area contributed by atoms with Crippen LogP contribution in [0.15, 0.2) is 47.4 Å². The van der Waals surface area contributed by atoms with E-state index in [4.69, 9.17) is 9.37 Å². The Morgan fingerprint density at radius 2 is 1.97 bits per heavy atom. The molecule has 1 N–H and O–H groups in total. The van der Waals surface area contributed by atoms with Crippen LogP contribution in [0.25, 0.3) is 11.0 Å². The number of benzene rings is 2. The Morgan fingerprint density at radius 1 is 1.21 bits per heavy atom. The Kier molecular flexibility index (Phi) is 6.64. The predicted molar refractivity (Wildman–Crippen MR) is 121 cm³/mol. The number of rotatable bonds is 8. The summed E-state index contributed by atoms with van der Waals surface area (Å²) in [6, 6.07) is 9.40. The average molecular weight is 466 g/mol. The summed E-state index contributed by atoms with van der Waals surface area (Å²) in [5.74, 6) is -0.995. The topological polar surface area (TPSA) is 115 Å². The molecule has 0 unspecified atom stereocenters. The zero-order chi connectivity index (χ0) is 24.2. The molecule has 2 aromatic heterocycles. The number of aryl methyl sites for hydroxylation is 1. The van der Waals surface area contributed by atoms with Crippen molar-refractivity contribution in [3.8, 4) is 0 Å². The third kappa shape index (κ3) is 4.94. The van der Waals surface area contributed by atoms with Crippen LogP contribution in [0.5, 0.6) is 0 Å². The van der Waals surface area contributed by atoms with Crippen LogP contribution in [0.1, 0.15) is 27.3 Å². The summed E-state index contributed by atoms with van der Waals surface area (Å²) in [5, 5.41) is 10.3. The molecule has 0 aliphatic rings. The number of halogens is 1. The highest BCUT2D eigenvalue weighted by atomic mass is 19.1. The van der Waals surface area contributed by atoms with E-state index < -0.39 is 0 Å². The summed E-state index contributed by atoms with van der Waals surface area (Å²) in [6.45, 7) is 2.18. The minimum absolute atomic E-state index is 0.126. The van der Waals surface area contributed by atoms with Gasteiger partial charge in [-0.25, -0.2) is 14.0 Å². The summed E-state index contributed by atoms with van der Waals surface area (Å²) in [7, 11) is 3.06. The maximum Gasteiger partial charge on any atom is 0.256 e. The fourth-order valence-corrected chi connectivity index (χ4v) is 3.57. The number of amides is 2. The number of carbonyl (C=O) groups excluding carboxylic acids is 2. The van der Waals surface area contributed by atoms with Gasteiger partial charge in [-0.3, -0.25) is 9.59 Å². The quantitative estimate of drug-likeness (QED) is 0.425. The van der Waals surface area contributed by atoms with Crippen LogP contribution < -0.4 is 5.32 Å². The molecule has 176 valence electrons. The second-order valence-corrected chi connectivity index (χ2v) is 7.83. The lowest BCUT2D eigenvalue weighted by molar-refractivity contribution is -0.119. The summed E-state index contributed by atoms with van der Waals surface area (Å²) in [6.07, 6.45) is 1.61. The number of nitrogens with zero attached hydrogens (tertiary/aromatic N) is 5. The van der Waals surface area contributed by atoms with Gasteiger partial charge in [0, 0.05) is 26.4 Å². The van der Waals surface area contributed by atoms with Gasteiger partial charge >= 0.3 is 0 Å². The van der Waals surface area contributed by atoms with Gasteiger partial charge < -0.3 is 19.5 Å². The first kappa shape index (κ1) is 23.1. The van der Waals surface area contributed by atoms with E-state index in [9.17, 15) is 14.0 Å². The van der Waals surface area contributed by atoms with Crippen molar-refractivity contribution in [2.45, 2.75) is 20.0 Å². The Labute approximate surface area is 194 Å². The number of hydrogen-bond acceptors (Lipinski definition) is 7. The molecule has 4 rings (SSSR count). The van der Waals surface area contributed by atoms with Crippen LogP contribution in [-0.4, -0.2) is 57.3 Å². The largest absolute Gasteiger partial charge is 0.375 e. The van der Waals surface area contributed by atoms with Crippen molar-refractivity contribution in [1.82, 2.24) is 24.8 Å². The Morgan fingerprint density at radius 3 is 2.65 bits per heavy atom. The molecule has 4 aromatic rings. The number of fused-ring (bicyclic) bond motifs is 1. The van der Waals surface area contributed by atoms with E-state index in [2.05, 4.69) is 20.6 Å². The minimum Gasteiger partial charge on any atom is -0.375 e. The number of aromatic nitrogens is 4. The molecule has 11 heteroatoms. The molecule has 2 amide bonds. The molecule has 2 heterocycles. The number of carbonyl (C=O) groups is 2. The van der Waals surface area contributed by atoms with E-state index in [-0.39, 0.29) is 30.8 Å². The van der Waals surface area contributed by atoms with Gasteiger partial charge in [0.15, 0.2) is 0 Å². The zero-order valence-electron chi connectivity index (χ0n) is 18.9.